The lowest BCUT2D eigenvalue weighted by atomic mass is 9.90. The summed E-state index contributed by atoms with van der Waals surface area (Å²) < 4.78 is -2.29. The molecule has 2 aromatic carbocycles. The molecule has 0 atom stereocenters. The minimum absolute atomic E-state index is 0.0925. The summed E-state index contributed by atoms with van der Waals surface area (Å²) >= 11 is 16.8. The van der Waals surface area contributed by atoms with Crippen LogP contribution < -0.4 is 10.6 Å². The normalized spacial score (nSPS) is 14.1. The summed E-state index contributed by atoms with van der Waals surface area (Å²) in [5, 5.41) is 5.17. The predicted octanol–water partition coefficient (Wildman–Crippen LogP) is 4.18. The summed E-state index contributed by atoms with van der Waals surface area (Å²) in [4.78, 5) is 37.9. The number of halogens is 3. The van der Waals surface area contributed by atoms with E-state index in [0.717, 1.165) is 5.56 Å². The molecule has 1 aliphatic rings. The average Bonchev–Trinajstić information content (AvgIpc) is 2.63. The molecule has 0 fully saturated rings. The third-order valence-electron chi connectivity index (χ3n) is 3.94. The first-order chi connectivity index (χ1) is 12.7. The van der Waals surface area contributed by atoms with Crippen molar-refractivity contribution in [1.82, 2.24) is 5.32 Å². The second kappa shape index (κ2) is 7.35. The Labute approximate surface area is 170 Å². The number of hydrogen-bond acceptors (Lipinski definition) is 4. The van der Waals surface area contributed by atoms with Crippen molar-refractivity contribution < 1.29 is 14.4 Å². The third kappa shape index (κ3) is 4.00. The zero-order valence-electron chi connectivity index (χ0n) is 14.0. The van der Waals surface area contributed by atoms with Crippen LogP contribution in [0.4, 0.5) is 5.69 Å². The molecule has 0 saturated heterocycles. The fourth-order valence-corrected chi connectivity index (χ4v) is 2.72. The van der Waals surface area contributed by atoms with E-state index >= 15 is 0 Å². The van der Waals surface area contributed by atoms with Crippen LogP contribution in [0.5, 0.6) is 0 Å². The van der Waals surface area contributed by atoms with Gasteiger partial charge in [0.05, 0.1) is 0 Å². The van der Waals surface area contributed by atoms with E-state index in [-0.39, 0.29) is 22.5 Å². The number of fused-ring (bicyclic) bond motifs is 1. The van der Waals surface area contributed by atoms with E-state index in [1.165, 1.54) is 6.07 Å². The second-order valence-electron chi connectivity index (χ2n) is 5.90. The maximum atomic E-state index is 13.0. The highest BCUT2D eigenvalue weighted by Crippen LogP contribution is 2.30. The summed E-state index contributed by atoms with van der Waals surface area (Å²) in [7, 11) is 0. The number of nitrogens with one attached hydrogen (secondary N) is 2. The minimum Gasteiger partial charge on any atom is -0.350 e. The van der Waals surface area contributed by atoms with Crippen LogP contribution in [0.25, 0.3) is 0 Å². The van der Waals surface area contributed by atoms with E-state index in [2.05, 4.69) is 10.6 Å². The summed E-state index contributed by atoms with van der Waals surface area (Å²) in [6.45, 7) is 1.92. The van der Waals surface area contributed by atoms with E-state index in [1.54, 1.807) is 30.3 Å². The van der Waals surface area contributed by atoms with Crippen LogP contribution in [0.3, 0.4) is 0 Å². The van der Waals surface area contributed by atoms with Gasteiger partial charge < -0.3 is 10.6 Å². The minimum atomic E-state index is -2.29. The van der Waals surface area contributed by atoms with Gasteiger partial charge in [-0.3, -0.25) is 14.4 Å². The van der Waals surface area contributed by atoms with E-state index in [9.17, 15) is 14.4 Å². The van der Waals surface area contributed by atoms with Crippen LogP contribution in [0.15, 0.2) is 59.9 Å². The first kappa shape index (κ1) is 19.4. The van der Waals surface area contributed by atoms with Crippen LogP contribution in [0.1, 0.15) is 26.3 Å². The second-order valence-corrected chi connectivity index (χ2v) is 8.18. The van der Waals surface area contributed by atoms with Crippen LogP contribution in [-0.2, 0) is 4.79 Å². The number of benzene rings is 2. The lowest BCUT2D eigenvalue weighted by Crippen LogP contribution is -2.40. The number of carbonyl (C=O) groups excluding carboxylic acids is 3. The van der Waals surface area contributed by atoms with Gasteiger partial charge in [-0.25, -0.2) is 0 Å². The van der Waals surface area contributed by atoms with Gasteiger partial charge in [-0.2, -0.15) is 0 Å². The van der Waals surface area contributed by atoms with Gasteiger partial charge in [-0.1, -0.05) is 76.8 Å². The first-order valence-corrected chi connectivity index (χ1v) is 8.96. The Morgan fingerprint density at radius 3 is 1.89 bits per heavy atom. The Kier molecular flexibility index (Phi) is 5.29. The van der Waals surface area contributed by atoms with Crippen molar-refractivity contribution in [2.24, 2.45) is 0 Å². The summed E-state index contributed by atoms with van der Waals surface area (Å²) in [5.74, 6) is -2.04. The van der Waals surface area contributed by atoms with Crippen molar-refractivity contribution in [3.05, 3.63) is 76.6 Å². The summed E-state index contributed by atoms with van der Waals surface area (Å²) in [6.07, 6.45) is 0. The first-order valence-electron chi connectivity index (χ1n) is 7.83. The number of alkyl halides is 3. The fraction of sp³-hybridized carbons (Fsp3) is 0.105. The molecule has 0 spiro atoms. The van der Waals surface area contributed by atoms with Gasteiger partial charge in [-0.05, 0) is 19.1 Å². The predicted molar refractivity (Wildman–Crippen MR) is 105 cm³/mol. The van der Waals surface area contributed by atoms with E-state index in [1.807, 2.05) is 19.1 Å². The van der Waals surface area contributed by atoms with Crippen LogP contribution in [0, 0.1) is 6.92 Å². The van der Waals surface area contributed by atoms with Crippen molar-refractivity contribution in [1.29, 1.82) is 0 Å². The quantitative estimate of drug-likeness (QED) is 0.726. The molecule has 0 unspecified atom stereocenters. The molecule has 1 aliphatic carbocycles. The molecule has 0 aliphatic heterocycles. The van der Waals surface area contributed by atoms with Crippen molar-refractivity contribution >= 4 is 58.0 Å². The molecule has 5 nitrogen and oxygen atoms in total. The Balaban J connectivity index is 2.09. The Morgan fingerprint density at radius 1 is 0.852 bits per heavy atom. The fourth-order valence-electron chi connectivity index (χ4n) is 2.58. The molecule has 1 amide bonds. The molecule has 138 valence electrons. The van der Waals surface area contributed by atoms with Gasteiger partial charge in [0.1, 0.15) is 11.4 Å². The van der Waals surface area contributed by atoms with Gasteiger partial charge in [-0.15, -0.1) is 0 Å². The number of rotatable bonds is 3. The molecular weight excluding hydrogens is 411 g/mol. The zero-order valence-corrected chi connectivity index (χ0v) is 16.2. The van der Waals surface area contributed by atoms with Crippen molar-refractivity contribution in [3.8, 4) is 0 Å². The van der Waals surface area contributed by atoms with E-state index in [0.29, 0.717) is 5.69 Å². The lowest BCUT2D eigenvalue weighted by molar-refractivity contribution is -0.119. The van der Waals surface area contributed by atoms with Crippen LogP contribution in [0.2, 0.25) is 0 Å². The maximum Gasteiger partial charge on any atom is 0.276 e. The number of amides is 1. The molecule has 0 aromatic heterocycles. The highest BCUT2D eigenvalue weighted by Gasteiger charge is 2.37. The van der Waals surface area contributed by atoms with E-state index in [4.69, 9.17) is 34.8 Å². The number of ketones is 2. The number of allylic oxidation sites excluding steroid dienone is 2. The molecule has 2 aromatic rings. The Bertz CT molecular complexity index is 976. The monoisotopic (exact) mass is 422 g/mol. The number of carbonyl (C=O) groups is 3. The number of anilines is 1. The smallest absolute Gasteiger partial charge is 0.276 e. The molecular formula is C19H13Cl3N2O3. The standard InChI is InChI=1S/C19H13Cl3N2O3/c1-10-6-8-11(9-7-10)23-14-15(24-18(27)19(20,21)22)17(26)13-5-3-2-4-12(13)16(14)25/h2-9,23H,1H3,(H,24,27). The average molecular weight is 424 g/mol. The molecule has 3 rings (SSSR count). The van der Waals surface area contributed by atoms with Gasteiger partial charge >= 0.3 is 0 Å². The van der Waals surface area contributed by atoms with Crippen LogP contribution >= 0.6 is 34.8 Å². The summed E-state index contributed by atoms with van der Waals surface area (Å²) in [6, 6.07) is 13.5. The molecule has 27 heavy (non-hydrogen) atoms. The van der Waals surface area contributed by atoms with Crippen molar-refractivity contribution in [2.45, 2.75) is 10.7 Å². The molecule has 0 bridgehead atoms. The van der Waals surface area contributed by atoms with Gasteiger partial charge in [0, 0.05) is 16.8 Å². The molecule has 0 radical (unpaired) electrons. The topological polar surface area (TPSA) is 75.3 Å². The van der Waals surface area contributed by atoms with Gasteiger partial charge in [0.15, 0.2) is 0 Å². The Hall–Kier alpha value is -2.34. The van der Waals surface area contributed by atoms with Gasteiger partial charge in [0.25, 0.3) is 9.70 Å². The van der Waals surface area contributed by atoms with Crippen LogP contribution in [-0.4, -0.2) is 21.3 Å². The third-order valence-corrected chi connectivity index (χ3v) is 4.45. The molecule has 8 heteroatoms. The summed E-state index contributed by atoms with van der Waals surface area (Å²) in [5.41, 5.74) is 1.62. The highest BCUT2D eigenvalue weighted by molar-refractivity contribution is 6.76. The number of Topliss-reactive ketones (excluding diaryl/α,β-unsaturated/α-hetero) is 2. The molecule has 0 saturated carbocycles. The van der Waals surface area contributed by atoms with Crippen molar-refractivity contribution in [3.63, 3.8) is 0 Å². The Morgan fingerprint density at radius 2 is 1.37 bits per heavy atom. The lowest BCUT2D eigenvalue weighted by Gasteiger charge is -2.23. The maximum absolute atomic E-state index is 13.0. The highest BCUT2D eigenvalue weighted by atomic mass is 35.6. The van der Waals surface area contributed by atoms with Crippen molar-refractivity contribution in [2.75, 3.05) is 5.32 Å². The molecule has 2 N–H and O–H groups in total. The van der Waals surface area contributed by atoms with E-state index < -0.39 is 21.3 Å². The van der Waals surface area contributed by atoms with Gasteiger partial charge in [0.2, 0.25) is 11.6 Å². The molecule has 0 heterocycles. The largest absolute Gasteiger partial charge is 0.350 e. The zero-order chi connectivity index (χ0) is 19.8. The SMILES string of the molecule is Cc1ccc(NC2=C(NC(=O)C(Cl)(Cl)Cl)C(=O)c3ccccc3C2=O)cc1. The number of hydrogen-bond donors (Lipinski definition) is 2. The number of aryl methyl sites for hydroxylation is 1.